The van der Waals surface area contributed by atoms with E-state index in [1.807, 2.05) is 13.8 Å². The van der Waals surface area contributed by atoms with E-state index in [9.17, 15) is 9.59 Å². The average Bonchev–Trinajstić information content (AvgIpc) is 2.15. The third kappa shape index (κ3) is 4.18. The number of carbonyl (C=O) groups is 2. The highest BCUT2D eigenvalue weighted by molar-refractivity contribution is 5.77. The topological polar surface area (TPSA) is 66.8 Å². The van der Waals surface area contributed by atoms with Crippen LogP contribution in [0.15, 0.2) is 0 Å². The summed E-state index contributed by atoms with van der Waals surface area (Å²) < 4.78 is 5.52. The lowest BCUT2D eigenvalue weighted by Crippen LogP contribution is -2.48. The van der Waals surface area contributed by atoms with Crippen LogP contribution in [-0.4, -0.2) is 47.2 Å². The van der Waals surface area contributed by atoms with Crippen LogP contribution in [0.1, 0.15) is 33.1 Å². The second-order valence-corrected chi connectivity index (χ2v) is 4.30. The summed E-state index contributed by atoms with van der Waals surface area (Å²) in [6.45, 7) is 5.09. The van der Waals surface area contributed by atoms with Crippen molar-refractivity contribution in [3.63, 3.8) is 0 Å². The first-order valence-corrected chi connectivity index (χ1v) is 5.64. The van der Waals surface area contributed by atoms with Crippen molar-refractivity contribution in [2.45, 2.75) is 45.3 Å². The zero-order valence-corrected chi connectivity index (χ0v) is 9.81. The SMILES string of the molecule is CC1CN(C(=O)CCCC(=O)O)CC(C)O1. The van der Waals surface area contributed by atoms with Crippen molar-refractivity contribution in [2.75, 3.05) is 13.1 Å². The van der Waals surface area contributed by atoms with Gasteiger partial charge in [-0.05, 0) is 20.3 Å². The number of morpholine rings is 1. The molecule has 1 saturated heterocycles. The molecule has 0 aromatic carbocycles. The van der Waals surface area contributed by atoms with E-state index in [1.165, 1.54) is 0 Å². The third-order valence-electron chi connectivity index (χ3n) is 2.55. The molecule has 0 saturated carbocycles. The summed E-state index contributed by atoms with van der Waals surface area (Å²) >= 11 is 0. The first-order chi connectivity index (χ1) is 7.49. The molecule has 0 aliphatic carbocycles. The van der Waals surface area contributed by atoms with Gasteiger partial charge in [-0.15, -0.1) is 0 Å². The Hall–Kier alpha value is -1.10. The zero-order valence-electron chi connectivity index (χ0n) is 9.81. The molecule has 1 aliphatic heterocycles. The number of carboxylic acids is 1. The minimum absolute atomic E-state index is 0.0308. The molecule has 1 amide bonds. The van der Waals surface area contributed by atoms with E-state index < -0.39 is 5.97 Å². The van der Waals surface area contributed by atoms with Gasteiger partial charge in [0, 0.05) is 25.9 Å². The lowest BCUT2D eigenvalue weighted by atomic mass is 10.2. The Morgan fingerprint density at radius 2 is 1.81 bits per heavy atom. The molecule has 0 aromatic rings. The molecule has 2 unspecified atom stereocenters. The van der Waals surface area contributed by atoms with E-state index in [0.717, 1.165) is 0 Å². The van der Waals surface area contributed by atoms with Crippen LogP contribution in [0.5, 0.6) is 0 Å². The summed E-state index contributed by atoms with van der Waals surface area (Å²) in [5.41, 5.74) is 0. The second-order valence-electron chi connectivity index (χ2n) is 4.30. The maximum absolute atomic E-state index is 11.7. The van der Waals surface area contributed by atoms with Crippen LogP contribution >= 0.6 is 0 Å². The molecule has 5 heteroatoms. The number of rotatable bonds is 4. The van der Waals surface area contributed by atoms with Gasteiger partial charge in [-0.1, -0.05) is 0 Å². The van der Waals surface area contributed by atoms with Crippen molar-refractivity contribution < 1.29 is 19.4 Å². The fourth-order valence-electron chi connectivity index (χ4n) is 1.93. The summed E-state index contributed by atoms with van der Waals surface area (Å²) in [6, 6.07) is 0. The van der Waals surface area contributed by atoms with Gasteiger partial charge in [-0.25, -0.2) is 0 Å². The Morgan fingerprint density at radius 1 is 1.25 bits per heavy atom. The lowest BCUT2D eigenvalue weighted by molar-refractivity contribution is -0.143. The molecule has 5 nitrogen and oxygen atoms in total. The molecule has 1 rings (SSSR count). The highest BCUT2D eigenvalue weighted by Gasteiger charge is 2.25. The van der Waals surface area contributed by atoms with Crippen LogP contribution in [-0.2, 0) is 14.3 Å². The Bertz CT molecular complexity index is 257. The van der Waals surface area contributed by atoms with Crippen molar-refractivity contribution in [1.82, 2.24) is 4.90 Å². The van der Waals surface area contributed by atoms with Crippen LogP contribution < -0.4 is 0 Å². The number of hydrogen-bond acceptors (Lipinski definition) is 3. The van der Waals surface area contributed by atoms with Crippen molar-refractivity contribution in [1.29, 1.82) is 0 Å². The Labute approximate surface area is 95.4 Å². The highest BCUT2D eigenvalue weighted by atomic mass is 16.5. The summed E-state index contributed by atoms with van der Waals surface area (Å²) in [6.07, 6.45) is 0.903. The van der Waals surface area contributed by atoms with E-state index in [1.54, 1.807) is 4.90 Å². The normalized spacial score (nSPS) is 25.5. The first kappa shape index (κ1) is 13.0. The lowest BCUT2D eigenvalue weighted by Gasteiger charge is -2.35. The average molecular weight is 229 g/mol. The molecular formula is C11H19NO4. The molecule has 16 heavy (non-hydrogen) atoms. The number of aliphatic carboxylic acids is 1. The maximum atomic E-state index is 11.7. The van der Waals surface area contributed by atoms with Crippen LogP contribution in [0, 0.1) is 0 Å². The zero-order chi connectivity index (χ0) is 12.1. The largest absolute Gasteiger partial charge is 0.481 e. The second kappa shape index (κ2) is 5.84. The molecule has 0 aromatic heterocycles. The summed E-state index contributed by atoms with van der Waals surface area (Å²) in [7, 11) is 0. The van der Waals surface area contributed by atoms with Gasteiger partial charge < -0.3 is 14.7 Å². The fourth-order valence-corrected chi connectivity index (χ4v) is 1.93. The van der Waals surface area contributed by atoms with Gasteiger partial charge in [-0.2, -0.15) is 0 Å². The summed E-state index contributed by atoms with van der Waals surface area (Å²) in [4.78, 5) is 23.8. The van der Waals surface area contributed by atoms with E-state index >= 15 is 0 Å². The van der Waals surface area contributed by atoms with Crippen LogP contribution in [0.25, 0.3) is 0 Å². The summed E-state index contributed by atoms with van der Waals surface area (Å²) in [5, 5.41) is 8.48. The molecule has 0 bridgehead atoms. The molecule has 1 aliphatic rings. The maximum Gasteiger partial charge on any atom is 0.303 e. The van der Waals surface area contributed by atoms with Crippen LogP contribution in [0.2, 0.25) is 0 Å². The number of carbonyl (C=O) groups excluding carboxylic acids is 1. The van der Waals surface area contributed by atoms with E-state index in [0.29, 0.717) is 25.9 Å². The van der Waals surface area contributed by atoms with Gasteiger partial charge in [0.25, 0.3) is 0 Å². The first-order valence-electron chi connectivity index (χ1n) is 5.64. The van der Waals surface area contributed by atoms with Crippen LogP contribution in [0.3, 0.4) is 0 Å². The van der Waals surface area contributed by atoms with Gasteiger partial charge in [0.05, 0.1) is 12.2 Å². The molecule has 2 atom stereocenters. The minimum Gasteiger partial charge on any atom is -0.481 e. The van der Waals surface area contributed by atoms with Gasteiger partial charge in [0.15, 0.2) is 0 Å². The molecule has 1 heterocycles. The van der Waals surface area contributed by atoms with Gasteiger partial charge >= 0.3 is 5.97 Å². The number of amides is 1. The Kier molecular flexibility index (Phi) is 4.73. The van der Waals surface area contributed by atoms with Crippen molar-refractivity contribution >= 4 is 11.9 Å². The van der Waals surface area contributed by atoms with E-state index in [-0.39, 0.29) is 24.5 Å². The predicted octanol–water partition coefficient (Wildman–Crippen LogP) is 0.877. The molecule has 1 N–H and O–H groups in total. The Balaban J connectivity index is 2.32. The van der Waals surface area contributed by atoms with Crippen LogP contribution in [0.4, 0.5) is 0 Å². The molecular weight excluding hydrogens is 210 g/mol. The van der Waals surface area contributed by atoms with Crippen molar-refractivity contribution in [3.05, 3.63) is 0 Å². The number of carboxylic acid groups (broad SMARTS) is 1. The Morgan fingerprint density at radius 3 is 2.31 bits per heavy atom. The number of ether oxygens (including phenoxy) is 1. The highest BCUT2D eigenvalue weighted by Crippen LogP contribution is 2.12. The van der Waals surface area contributed by atoms with E-state index in [2.05, 4.69) is 0 Å². The van der Waals surface area contributed by atoms with Crippen molar-refractivity contribution in [3.8, 4) is 0 Å². The number of nitrogens with zero attached hydrogens (tertiary/aromatic N) is 1. The summed E-state index contributed by atoms with van der Waals surface area (Å²) in [5.74, 6) is -0.820. The minimum atomic E-state index is -0.850. The smallest absolute Gasteiger partial charge is 0.303 e. The predicted molar refractivity (Wildman–Crippen MR) is 58.1 cm³/mol. The van der Waals surface area contributed by atoms with Crippen molar-refractivity contribution in [2.24, 2.45) is 0 Å². The van der Waals surface area contributed by atoms with Gasteiger partial charge in [-0.3, -0.25) is 9.59 Å². The molecule has 0 spiro atoms. The number of hydrogen-bond donors (Lipinski definition) is 1. The van der Waals surface area contributed by atoms with Gasteiger partial charge in [0.2, 0.25) is 5.91 Å². The molecule has 1 fully saturated rings. The monoisotopic (exact) mass is 229 g/mol. The fraction of sp³-hybridized carbons (Fsp3) is 0.818. The quantitative estimate of drug-likeness (QED) is 0.777. The molecule has 0 radical (unpaired) electrons. The van der Waals surface area contributed by atoms with Gasteiger partial charge in [0.1, 0.15) is 0 Å². The standard InChI is InChI=1S/C11H19NO4/c1-8-6-12(7-9(2)16-8)10(13)4-3-5-11(14)15/h8-9H,3-7H2,1-2H3,(H,14,15). The van der Waals surface area contributed by atoms with E-state index in [4.69, 9.17) is 9.84 Å². The molecule has 92 valence electrons. The third-order valence-corrected chi connectivity index (χ3v) is 2.55.